The predicted molar refractivity (Wildman–Crippen MR) is 79.6 cm³/mol. The zero-order valence-corrected chi connectivity index (χ0v) is 12.2. The van der Waals surface area contributed by atoms with Gasteiger partial charge in [-0.05, 0) is 50.6 Å². The molecule has 1 fully saturated rings. The summed E-state index contributed by atoms with van der Waals surface area (Å²) in [6, 6.07) is 9.18. The average Bonchev–Trinajstić information content (AvgIpc) is 3.23. The van der Waals surface area contributed by atoms with Gasteiger partial charge in [0.15, 0.2) is 0 Å². The largest absolute Gasteiger partial charge is 0.492 e. The summed E-state index contributed by atoms with van der Waals surface area (Å²) < 4.78 is 5.88. The maximum Gasteiger partial charge on any atom is 0.119 e. The number of hydrogen-bond donors (Lipinski definition) is 1. The van der Waals surface area contributed by atoms with E-state index in [-0.39, 0.29) is 0 Å². The second kappa shape index (κ2) is 7.51. The molecular weight excluding hydrogens is 236 g/mol. The van der Waals surface area contributed by atoms with Crippen molar-refractivity contribution in [3.63, 3.8) is 0 Å². The predicted octanol–water partition coefficient (Wildman–Crippen LogP) is 2.66. The van der Waals surface area contributed by atoms with E-state index in [4.69, 9.17) is 4.74 Å². The van der Waals surface area contributed by atoms with Gasteiger partial charge in [0.25, 0.3) is 0 Å². The smallest absolute Gasteiger partial charge is 0.119 e. The van der Waals surface area contributed by atoms with E-state index in [1.807, 2.05) is 13.1 Å². The van der Waals surface area contributed by atoms with E-state index in [1.54, 1.807) is 0 Å². The molecule has 0 bridgehead atoms. The highest BCUT2D eigenvalue weighted by Gasteiger charge is 2.27. The summed E-state index contributed by atoms with van der Waals surface area (Å²) in [6.45, 7) is 6.18. The maximum atomic E-state index is 5.88. The molecule has 0 heterocycles. The van der Waals surface area contributed by atoms with Crippen LogP contribution in [0.1, 0.15) is 31.7 Å². The van der Waals surface area contributed by atoms with Crippen molar-refractivity contribution >= 4 is 0 Å². The van der Waals surface area contributed by atoms with E-state index in [9.17, 15) is 0 Å². The van der Waals surface area contributed by atoms with Crippen molar-refractivity contribution in [3.8, 4) is 5.75 Å². The van der Waals surface area contributed by atoms with E-state index in [1.165, 1.54) is 31.4 Å². The summed E-state index contributed by atoms with van der Waals surface area (Å²) in [5.74, 6) is 0.986. The Kier molecular flexibility index (Phi) is 5.67. The first-order valence-corrected chi connectivity index (χ1v) is 7.44. The second-order valence-electron chi connectivity index (χ2n) is 5.29. The lowest BCUT2D eigenvalue weighted by Gasteiger charge is -2.21. The molecule has 0 spiro atoms. The molecular formula is C16H26N2O. The Labute approximate surface area is 116 Å². The van der Waals surface area contributed by atoms with Gasteiger partial charge >= 0.3 is 0 Å². The van der Waals surface area contributed by atoms with Gasteiger partial charge in [0.05, 0.1) is 0 Å². The lowest BCUT2D eigenvalue weighted by atomic mass is 10.2. The highest BCUT2D eigenvalue weighted by atomic mass is 16.5. The van der Waals surface area contributed by atoms with Gasteiger partial charge in [-0.1, -0.05) is 19.1 Å². The van der Waals surface area contributed by atoms with E-state index >= 15 is 0 Å². The molecule has 1 aliphatic rings. The fourth-order valence-corrected chi connectivity index (χ4v) is 2.43. The van der Waals surface area contributed by atoms with Crippen molar-refractivity contribution in [1.29, 1.82) is 0 Å². The molecule has 3 heteroatoms. The molecule has 0 atom stereocenters. The Morgan fingerprint density at radius 1 is 1.32 bits per heavy atom. The van der Waals surface area contributed by atoms with Crippen LogP contribution in [0.4, 0.5) is 0 Å². The zero-order valence-electron chi connectivity index (χ0n) is 12.2. The molecule has 0 aromatic heterocycles. The van der Waals surface area contributed by atoms with Gasteiger partial charge < -0.3 is 10.1 Å². The fraction of sp³-hybridized carbons (Fsp3) is 0.625. The molecule has 1 aromatic rings. The number of benzene rings is 1. The molecule has 1 aliphatic carbocycles. The topological polar surface area (TPSA) is 24.5 Å². The molecule has 0 radical (unpaired) electrons. The lowest BCUT2D eigenvalue weighted by Crippen LogP contribution is -2.31. The van der Waals surface area contributed by atoms with Crippen LogP contribution in [0.25, 0.3) is 0 Å². The summed E-state index contributed by atoms with van der Waals surface area (Å²) >= 11 is 0. The van der Waals surface area contributed by atoms with Gasteiger partial charge in [0.1, 0.15) is 12.4 Å². The SMILES string of the molecule is CCCN(CCOc1cccc(CNC)c1)C1CC1. The summed E-state index contributed by atoms with van der Waals surface area (Å²) in [7, 11) is 1.96. The molecule has 3 nitrogen and oxygen atoms in total. The first kappa shape index (κ1) is 14.4. The Morgan fingerprint density at radius 3 is 2.84 bits per heavy atom. The zero-order chi connectivity index (χ0) is 13.5. The summed E-state index contributed by atoms with van der Waals surface area (Å²) in [6.07, 6.45) is 3.98. The van der Waals surface area contributed by atoms with E-state index in [2.05, 4.69) is 35.3 Å². The van der Waals surface area contributed by atoms with E-state index in [0.29, 0.717) is 0 Å². The third-order valence-electron chi connectivity index (χ3n) is 3.50. The quantitative estimate of drug-likeness (QED) is 0.740. The Balaban J connectivity index is 1.76. The number of nitrogens with zero attached hydrogens (tertiary/aromatic N) is 1. The Hall–Kier alpha value is -1.06. The van der Waals surface area contributed by atoms with Crippen LogP contribution in [0.3, 0.4) is 0 Å². The number of nitrogens with one attached hydrogen (secondary N) is 1. The van der Waals surface area contributed by atoms with Crippen molar-refractivity contribution < 1.29 is 4.74 Å². The van der Waals surface area contributed by atoms with Crippen LogP contribution in [-0.2, 0) is 6.54 Å². The van der Waals surface area contributed by atoms with Gasteiger partial charge in [0.2, 0.25) is 0 Å². The van der Waals surface area contributed by atoms with Crippen LogP contribution in [0.5, 0.6) is 5.75 Å². The number of hydrogen-bond acceptors (Lipinski definition) is 3. The van der Waals surface area contributed by atoms with Crippen molar-refractivity contribution in [2.75, 3.05) is 26.7 Å². The van der Waals surface area contributed by atoms with Crippen molar-refractivity contribution in [2.45, 2.75) is 38.8 Å². The summed E-state index contributed by atoms with van der Waals surface area (Å²) in [5.41, 5.74) is 1.27. The highest BCUT2D eigenvalue weighted by Crippen LogP contribution is 2.26. The molecule has 1 aromatic carbocycles. The van der Waals surface area contributed by atoms with Crippen LogP contribution >= 0.6 is 0 Å². The van der Waals surface area contributed by atoms with E-state index < -0.39 is 0 Å². The van der Waals surface area contributed by atoms with Crippen LogP contribution in [0, 0.1) is 0 Å². The van der Waals surface area contributed by atoms with Gasteiger partial charge in [-0.25, -0.2) is 0 Å². The summed E-state index contributed by atoms with van der Waals surface area (Å²) in [5, 5.41) is 3.16. The standard InChI is InChI=1S/C16H26N2O/c1-3-9-18(15-7-8-15)10-11-19-16-6-4-5-14(12-16)13-17-2/h4-6,12,15,17H,3,7-11,13H2,1-2H3. The van der Waals surface area contributed by atoms with Gasteiger partial charge in [-0.3, -0.25) is 4.90 Å². The van der Waals surface area contributed by atoms with Crippen molar-refractivity contribution in [3.05, 3.63) is 29.8 Å². The number of ether oxygens (including phenoxy) is 1. The lowest BCUT2D eigenvalue weighted by molar-refractivity contribution is 0.202. The number of rotatable bonds is 9. The molecule has 106 valence electrons. The Bertz CT molecular complexity index is 377. The van der Waals surface area contributed by atoms with Crippen LogP contribution < -0.4 is 10.1 Å². The first-order chi connectivity index (χ1) is 9.33. The Morgan fingerprint density at radius 2 is 2.16 bits per heavy atom. The normalized spacial score (nSPS) is 14.9. The minimum absolute atomic E-state index is 0.791. The van der Waals surface area contributed by atoms with Crippen LogP contribution in [0.2, 0.25) is 0 Å². The fourth-order valence-electron chi connectivity index (χ4n) is 2.43. The second-order valence-corrected chi connectivity index (χ2v) is 5.29. The molecule has 19 heavy (non-hydrogen) atoms. The average molecular weight is 262 g/mol. The monoisotopic (exact) mass is 262 g/mol. The van der Waals surface area contributed by atoms with Gasteiger partial charge in [-0.2, -0.15) is 0 Å². The first-order valence-electron chi connectivity index (χ1n) is 7.44. The molecule has 0 unspecified atom stereocenters. The summed E-state index contributed by atoms with van der Waals surface area (Å²) in [4.78, 5) is 2.57. The molecule has 0 amide bonds. The molecule has 0 aliphatic heterocycles. The maximum absolute atomic E-state index is 5.88. The third kappa shape index (κ3) is 4.84. The van der Waals surface area contributed by atoms with Gasteiger partial charge in [-0.15, -0.1) is 0 Å². The third-order valence-corrected chi connectivity index (χ3v) is 3.50. The molecule has 1 N–H and O–H groups in total. The van der Waals surface area contributed by atoms with Gasteiger partial charge in [0, 0.05) is 19.1 Å². The highest BCUT2D eigenvalue weighted by molar-refractivity contribution is 5.28. The minimum atomic E-state index is 0.791. The minimum Gasteiger partial charge on any atom is -0.492 e. The molecule has 2 rings (SSSR count). The van der Waals surface area contributed by atoms with Crippen molar-refractivity contribution in [2.24, 2.45) is 0 Å². The van der Waals surface area contributed by atoms with Crippen LogP contribution in [-0.4, -0.2) is 37.7 Å². The molecule has 1 saturated carbocycles. The van der Waals surface area contributed by atoms with E-state index in [0.717, 1.165) is 31.5 Å². The van der Waals surface area contributed by atoms with Crippen molar-refractivity contribution in [1.82, 2.24) is 10.2 Å². The molecule has 0 saturated heterocycles. The van der Waals surface area contributed by atoms with Crippen LogP contribution in [0.15, 0.2) is 24.3 Å².